The molecule has 42 heavy (non-hydrogen) atoms. The van der Waals surface area contributed by atoms with Gasteiger partial charge in [0.2, 0.25) is 0 Å². The van der Waals surface area contributed by atoms with Crippen LogP contribution in [0.1, 0.15) is 111 Å². The highest BCUT2D eigenvalue weighted by Gasteiger charge is 2.68. The van der Waals surface area contributed by atoms with Crippen molar-refractivity contribution in [2.45, 2.75) is 135 Å². The number of ether oxygens (including phenoxy) is 2. The van der Waals surface area contributed by atoms with E-state index < -0.39 is 0 Å². The van der Waals surface area contributed by atoms with Gasteiger partial charge < -0.3 is 35.4 Å². The molecule has 240 valence electrons. The molecule has 0 aromatic heterocycles. The first-order chi connectivity index (χ1) is 19.4. The van der Waals surface area contributed by atoms with Crippen molar-refractivity contribution in [3.63, 3.8) is 0 Å². The first kappa shape index (κ1) is 32.7. The van der Waals surface area contributed by atoms with Crippen LogP contribution in [0, 0.1) is 34.5 Å². The van der Waals surface area contributed by atoms with Crippen molar-refractivity contribution >= 4 is 11.9 Å². The summed E-state index contributed by atoms with van der Waals surface area (Å²) in [6.45, 7) is 13.3. The highest BCUT2D eigenvalue weighted by Crippen LogP contribution is 2.68. The van der Waals surface area contributed by atoms with E-state index in [2.05, 4.69) is 27.9 Å². The lowest BCUT2D eigenvalue weighted by Crippen LogP contribution is -3.00. The Kier molecular flexibility index (Phi) is 9.30. The third-order valence-electron chi connectivity index (χ3n) is 14.5. The fraction of sp³-hybridized carbons (Fsp3) is 0.943. The van der Waals surface area contributed by atoms with Crippen LogP contribution in [0.5, 0.6) is 0 Å². The molecule has 0 radical (unpaired) electrons. The molecule has 0 N–H and O–H groups in total. The number of likely N-dealkylation sites (N-methyl/N-ethyl adjacent to an activating group) is 2. The molecule has 0 spiro atoms. The van der Waals surface area contributed by atoms with Gasteiger partial charge in [0.25, 0.3) is 0 Å². The molecule has 6 rings (SSSR count). The number of rotatable bonds is 4. The average Bonchev–Trinajstić information content (AvgIpc) is 3.21. The van der Waals surface area contributed by atoms with Gasteiger partial charge in [-0.05, 0) is 99.7 Å². The Morgan fingerprint density at radius 1 is 0.690 bits per heavy atom. The molecule has 2 saturated heterocycles. The van der Waals surface area contributed by atoms with Crippen LogP contribution in [-0.2, 0) is 19.1 Å². The molecular formula is C35H60BrN2O4+. The molecule has 0 aromatic carbocycles. The zero-order valence-corrected chi connectivity index (χ0v) is 29.1. The number of halogens is 1. The summed E-state index contributed by atoms with van der Waals surface area (Å²) in [6.07, 6.45) is 16.4. The summed E-state index contributed by atoms with van der Waals surface area (Å²) in [5, 5.41) is 0. The minimum atomic E-state index is -0.0998. The van der Waals surface area contributed by atoms with Gasteiger partial charge in [-0.15, -0.1) is 0 Å². The summed E-state index contributed by atoms with van der Waals surface area (Å²) in [6, 6.07) is 0.846. The topological polar surface area (TPSA) is 52.6 Å². The maximum Gasteiger partial charge on any atom is 0.303 e. The number of esters is 2. The second-order valence-corrected chi connectivity index (χ2v) is 16.7. The zero-order valence-electron chi connectivity index (χ0n) is 27.5. The number of piperidine rings is 2. The number of carbonyl (C=O) groups excluding carboxylic acids is 2. The first-order valence-corrected chi connectivity index (χ1v) is 17.4. The number of hydrogen-bond acceptors (Lipinski definition) is 4. The Labute approximate surface area is 266 Å². The summed E-state index contributed by atoms with van der Waals surface area (Å²) in [7, 11) is 4.94. The van der Waals surface area contributed by atoms with Crippen molar-refractivity contribution in [2.24, 2.45) is 34.5 Å². The minimum Gasteiger partial charge on any atom is -1.00 e. The molecule has 2 aliphatic heterocycles. The average molecular weight is 653 g/mol. The third kappa shape index (κ3) is 5.42. The first-order valence-electron chi connectivity index (χ1n) is 17.4. The Morgan fingerprint density at radius 3 is 1.83 bits per heavy atom. The monoisotopic (exact) mass is 651 g/mol. The smallest absolute Gasteiger partial charge is 0.303 e. The van der Waals surface area contributed by atoms with E-state index >= 15 is 0 Å². The molecule has 2 heterocycles. The van der Waals surface area contributed by atoms with E-state index in [4.69, 9.17) is 9.47 Å². The van der Waals surface area contributed by atoms with Gasteiger partial charge >= 0.3 is 11.9 Å². The van der Waals surface area contributed by atoms with Crippen LogP contribution in [0.4, 0.5) is 0 Å². The van der Waals surface area contributed by atoms with Crippen LogP contribution in [0.15, 0.2) is 0 Å². The Bertz CT molecular complexity index is 1010. The van der Waals surface area contributed by atoms with Crippen molar-refractivity contribution < 1.29 is 45.0 Å². The normalized spacial score (nSPS) is 45.8. The maximum absolute atomic E-state index is 12.5. The van der Waals surface area contributed by atoms with Gasteiger partial charge in [-0.1, -0.05) is 13.8 Å². The van der Waals surface area contributed by atoms with Crippen molar-refractivity contribution in [1.29, 1.82) is 0 Å². The van der Waals surface area contributed by atoms with E-state index in [0.717, 1.165) is 21.3 Å². The Hall–Kier alpha value is -0.660. The van der Waals surface area contributed by atoms with Crippen LogP contribution in [-0.4, -0.2) is 85.5 Å². The number of fused-ring (bicyclic) bond motifs is 5. The van der Waals surface area contributed by atoms with Gasteiger partial charge in [0.15, 0.2) is 12.2 Å². The lowest BCUT2D eigenvalue weighted by molar-refractivity contribution is -0.943. The number of likely N-dealkylation sites (tertiary alicyclic amines) is 2. The Morgan fingerprint density at radius 2 is 1.26 bits per heavy atom. The van der Waals surface area contributed by atoms with Crippen LogP contribution >= 0.6 is 0 Å². The molecule has 7 heteroatoms. The third-order valence-corrected chi connectivity index (χ3v) is 14.5. The van der Waals surface area contributed by atoms with E-state index in [9.17, 15) is 9.59 Å². The van der Waals surface area contributed by atoms with Crippen molar-refractivity contribution in [2.75, 3.05) is 40.3 Å². The fourth-order valence-electron chi connectivity index (χ4n) is 12.3. The van der Waals surface area contributed by atoms with Gasteiger partial charge in [0, 0.05) is 32.1 Å². The van der Waals surface area contributed by atoms with Crippen molar-refractivity contribution in [3.05, 3.63) is 0 Å². The zero-order chi connectivity index (χ0) is 29.2. The molecule has 4 aliphatic carbocycles. The Balaban J connectivity index is 0.00000353. The fourth-order valence-corrected chi connectivity index (χ4v) is 12.3. The van der Waals surface area contributed by atoms with E-state index in [1.807, 2.05) is 0 Å². The number of quaternary nitrogens is 2. The lowest BCUT2D eigenvalue weighted by atomic mass is 9.44. The second-order valence-electron chi connectivity index (χ2n) is 16.7. The number of carbonyl (C=O) groups is 2. The van der Waals surface area contributed by atoms with Crippen LogP contribution in [0.2, 0.25) is 0 Å². The molecular weight excluding hydrogens is 592 g/mol. The second kappa shape index (κ2) is 11.9. The minimum absolute atomic E-state index is 0. The van der Waals surface area contributed by atoms with Gasteiger partial charge in [0.05, 0.1) is 40.3 Å². The summed E-state index contributed by atoms with van der Waals surface area (Å²) >= 11 is 0. The largest absolute Gasteiger partial charge is 1.00 e. The predicted molar refractivity (Wildman–Crippen MR) is 161 cm³/mol. The molecule has 6 fully saturated rings. The molecule has 0 aromatic rings. The van der Waals surface area contributed by atoms with Crippen molar-refractivity contribution in [1.82, 2.24) is 0 Å². The molecule has 0 amide bonds. The SMILES string of the molecule is CC(=O)OC1CC2CCC3C(CC[C@@]4(C)C3CC([N+]3(C)CCCCC3)C4OC(C)=O)[C@@]2(C)CC1[N+]1(C)CCCCC1.[Br-]. The lowest BCUT2D eigenvalue weighted by Gasteiger charge is -2.63. The van der Waals surface area contributed by atoms with E-state index in [0.29, 0.717) is 35.3 Å². The van der Waals surface area contributed by atoms with Crippen molar-refractivity contribution in [3.8, 4) is 0 Å². The highest BCUT2D eigenvalue weighted by molar-refractivity contribution is 5.66. The molecule has 10 atom stereocenters. The van der Waals surface area contributed by atoms with E-state index in [-0.39, 0.29) is 46.5 Å². The van der Waals surface area contributed by atoms with Crippen LogP contribution in [0.3, 0.4) is 0 Å². The van der Waals surface area contributed by atoms with Gasteiger partial charge in [-0.25, -0.2) is 0 Å². The quantitative estimate of drug-likeness (QED) is 0.346. The molecule has 8 unspecified atom stereocenters. The molecule has 4 saturated carbocycles. The number of hydrogen-bond donors (Lipinski definition) is 0. The summed E-state index contributed by atoms with van der Waals surface area (Å²) < 4.78 is 14.7. The van der Waals surface area contributed by atoms with E-state index in [1.165, 1.54) is 103 Å². The summed E-state index contributed by atoms with van der Waals surface area (Å²) in [5.74, 6) is 2.52. The number of nitrogens with zero attached hydrogens (tertiary/aromatic N) is 2. The van der Waals surface area contributed by atoms with E-state index in [1.54, 1.807) is 13.8 Å². The summed E-state index contributed by atoms with van der Waals surface area (Å²) in [5.41, 5.74) is 0.377. The van der Waals surface area contributed by atoms with Crippen LogP contribution < -0.4 is 17.0 Å². The highest BCUT2D eigenvalue weighted by atomic mass is 79.9. The van der Waals surface area contributed by atoms with Crippen LogP contribution in [0.25, 0.3) is 0 Å². The maximum atomic E-state index is 12.5. The van der Waals surface area contributed by atoms with Gasteiger partial charge in [-0.2, -0.15) is 0 Å². The van der Waals surface area contributed by atoms with Gasteiger partial charge in [-0.3, -0.25) is 9.59 Å². The molecule has 6 nitrogen and oxygen atoms in total. The van der Waals surface area contributed by atoms with Gasteiger partial charge in [0.1, 0.15) is 12.1 Å². The predicted octanol–water partition coefficient (Wildman–Crippen LogP) is 3.11. The summed E-state index contributed by atoms with van der Waals surface area (Å²) in [4.78, 5) is 24.8. The molecule has 0 bridgehead atoms. The standard InChI is InChI=1S/C35H60N2O4.BrH/c1-24(38)40-32-21-26-13-14-27-28(35(26,4)23-31(32)37(6)19-11-8-12-20-37)15-16-34(3)29(27)22-30(33(34)41-25(2)39)36(5)17-9-7-10-18-36;/h26-33H,7-23H2,1-6H3;1H/q+2;/p-1/t26?,27?,28?,29?,30?,31?,32?,33?,34-,35-;/m0./s1. The molecule has 6 aliphatic rings.